The molecule has 0 aliphatic carbocycles. The Hall–Kier alpha value is -0.470. The van der Waals surface area contributed by atoms with Crippen LogP contribution >= 0.6 is 11.8 Å². The molecule has 0 bridgehead atoms. The number of hydrogen-bond acceptors (Lipinski definition) is 2. The summed E-state index contributed by atoms with van der Waals surface area (Å²) >= 11 is 1.95. The van der Waals surface area contributed by atoms with Gasteiger partial charge in [-0.1, -0.05) is 37.3 Å². The third-order valence-electron chi connectivity index (χ3n) is 2.31. The number of aliphatic hydroxyl groups excluding tert-OH is 1. The monoisotopic (exact) mass is 224 g/mol. The van der Waals surface area contributed by atoms with Gasteiger partial charge in [0.2, 0.25) is 0 Å². The molecule has 0 saturated heterocycles. The molecule has 1 aromatic rings. The molecule has 2 heteroatoms. The molecule has 15 heavy (non-hydrogen) atoms. The lowest BCUT2D eigenvalue weighted by Gasteiger charge is -2.06. The second-order valence-corrected chi connectivity index (χ2v) is 5.10. The highest BCUT2D eigenvalue weighted by Gasteiger charge is 1.99. The van der Waals surface area contributed by atoms with Gasteiger partial charge in [-0.25, -0.2) is 0 Å². The maximum absolute atomic E-state index is 8.86. The van der Waals surface area contributed by atoms with Gasteiger partial charge in [0.25, 0.3) is 0 Å². The first kappa shape index (κ1) is 12.6. The molecule has 1 nitrogen and oxygen atoms in total. The van der Waals surface area contributed by atoms with E-state index >= 15 is 0 Å². The van der Waals surface area contributed by atoms with E-state index in [0.717, 1.165) is 5.75 Å². The first-order valence-electron chi connectivity index (χ1n) is 5.55. The molecule has 0 heterocycles. The first-order chi connectivity index (χ1) is 7.33. The van der Waals surface area contributed by atoms with Crippen molar-refractivity contribution in [2.45, 2.75) is 19.8 Å². The van der Waals surface area contributed by atoms with Gasteiger partial charge in [0.05, 0.1) is 0 Å². The van der Waals surface area contributed by atoms with Gasteiger partial charge >= 0.3 is 0 Å². The van der Waals surface area contributed by atoms with Crippen molar-refractivity contribution < 1.29 is 5.11 Å². The molecule has 0 spiro atoms. The van der Waals surface area contributed by atoms with Gasteiger partial charge in [-0.2, -0.15) is 11.8 Å². The van der Waals surface area contributed by atoms with Crippen LogP contribution in [0.15, 0.2) is 30.3 Å². The Bertz CT molecular complexity index is 248. The number of hydrogen-bond donors (Lipinski definition) is 1. The van der Waals surface area contributed by atoms with Crippen LogP contribution in [0.4, 0.5) is 0 Å². The molecule has 0 amide bonds. The third kappa shape index (κ3) is 5.85. The minimum absolute atomic E-state index is 0.311. The van der Waals surface area contributed by atoms with Gasteiger partial charge in [-0.05, 0) is 35.8 Å². The standard InChI is InChI=1S/C13H20OS/c1-12(10-14)11-15-9-5-8-13-6-3-2-4-7-13/h2-4,6-7,12,14H,5,8-11H2,1H3. The predicted octanol–water partition coefficient (Wildman–Crippen LogP) is 2.98. The normalized spacial score (nSPS) is 12.7. The Morgan fingerprint density at radius 2 is 2.00 bits per heavy atom. The molecule has 0 aliphatic rings. The van der Waals surface area contributed by atoms with Crippen LogP contribution in [0, 0.1) is 5.92 Å². The average molecular weight is 224 g/mol. The summed E-state index contributed by atoms with van der Waals surface area (Å²) in [6.07, 6.45) is 2.40. The van der Waals surface area contributed by atoms with E-state index in [1.165, 1.54) is 24.2 Å². The summed E-state index contributed by atoms with van der Waals surface area (Å²) in [5.41, 5.74) is 1.42. The molecule has 1 unspecified atom stereocenters. The second kappa shape index (κ2) is 7.77. The number of thioether (sulfide) groups is 1. The molecule has 0 fully saturated rings. The molecule has 0 aliphatic heterocycles. The number of rotatable bonds is 7. The molecular formula is C13H20OS. The highest BCUT2D eigenvalue weighted by Crippen LogP contribution is 2.11. The zero-order valence-electron chi connectivity index (χ0n) is 9.36. The molecule has 0 aromatic heterocycles. The van der Waals surface area contributed by atoms with Crippen LogP contribution in [-0.2, 0) is 6.42 Å². The first-order valence-corrected chi connectivity index (χ1v) is 6.71. The Kier molecular flexibility index (Phi) is 6.53. The lowest BCUT2D eigenvalue weighted by molar-refractivity contribution is 0.250. The molecule has 1 aromatic carbocycles. The van der Waals surface area contributed by atoms with Crippen molar-refractivity contribution in [1.82, 2.24) is 0 Å². The third-order valence-corrected chi connectivity index (χ3v) is 3.69. The van der Waals surface area contributed by atoms with Crippen LogP contribution in [0.5, 0.6) is 0 Å². The maximum atomic E-state index is 8.86. The van der Waals surface area contributed by atoms with Crippen molar-refractivity contribution in [3.8, 4) is 0 Å². The molecule has 0 saturated carbocycles. The Morgan fingerprint density at radius 3 is 2.67 bits per heavy atom. The number of aryl methyl sites for hydroxylation is 1. The molecule has 1 rings (SSSR count). The number of benzene rings is 1. The Balaban J connectivity index is 2.03. The molecule has 0 radical (unpaired) electrons. The van der Waals surface area contributed by atoms with E-state index in [-0.39, 0.29) is 0 Å². The van der Waals surface area contributed by atoms with E-state index in [4.69, 9.17) is 5.11 Å². The topological polar surface area (TPSA) is 20.2 Å². The number of aliphatic hydroxyl groups is 1. The zero-order chi connectivity index (χ0) is 10.9. The quantitative estimate of drug-likeness (QED) is 0.719. The fraction of sp³-hybridized carbons (Fsp3) is 0.538. The van der Waals surface area contributed by atoms with Crippen LogP contribution < -0.4 is 0 Å². The second-order valence-electron chi connectivity index (χ2n) is 3.95. The van der Waals surface area contributed by atoms with Crippen LogP contribution in [0.1, 0.15) is 18.9 Å². The van der Waals surface area contributed by atoms with Crippen molar-refractivity contribution in [2.75, 3.05) is 18.1 Å². The SMILES string of the molecule is CC(CO)CSCCCc1ccccc1. The van der Waals surface area contributed by atoms with Gasteiger partial charge in [-0.3, -0.25) is 0 Å². The van der Waals surface area contributed by atoms with Crippen LogP contribution in [0.25, 0.3) is 0 Å². The minimum atomic E-state index is 0.311. The summed E-state index contributed by atoms with van der Waals surface area (Å²) in [5.74, 6) is 2.71. The van der Waals surface area contributed by atoms with E-state index in [1.807, 2.05) is 11.8 Å². The minimum Gasteiger partial charge on any atom is -0.396 e. The summed E-state index contributed by atoms with van der Waals surface area (Å²) in [6, 6.07) is 10.6. The Labute approximate surface area is 96.9 Å². The van der Waals surface area contributed by atoms with Gasteiger partial charge in [-0.15, -0.1) is 0 Å². The molecule has 1 N–H and O–H groups in total. The highest BCUT2D eigenvalue weighted by molar-refractivity contribution is 7.99. The molecule has 1 atom stereocenters. The summed E-state index contributed by atoms with van der Waals surface area (Å²) in [7, 11) is 0. The van der Waals surface area contributed by atoms with E-state index in [1.54, 1.807) is 0 Å². The smallest absolute Gasteiger partial charge is 0.0464 e. The van der Waals surface area contributed by atoms with Crippen molar-refractivity contribution in [3.63, 3.8) is 0 Å². The summed E-state index contributed by atoms with van der Waals surface area (Å²) < 4.78 is 0. The van der Waals surface area contributed by atoms with Crippen molar-refractivity contribution in [1.29, 1.82) is 0 Å². The summed E-state index contributed by atoms with van der Waals surface area (Å²) in [5, 5.41) is 8.86. The largest absolute Gasteiger partial charge is 0.396 e. The van der Waals surface area contributed by atoms with Crippen molar-refractivity contribution in [2.24, 2.45) is 5.92 Å². The van der Waals surface area contributed by atoms with E-state index < -0.39 is 0 Å². The lowest BCUT2D eigenvalue weighted by Crippen LogP contribution is -2.04. The summed E-state index contributed by atoms with van der Waals surface area (Å²) in [4.78, 5) is 0. The Morgan fingerprint density at radius 1 is 1.27 bits per heavy atom. The zero-order valence-corrected chi connectivity index (χ0v) is 10.2. The van der Waals surface area contributed by atoms with Gasteiger partial charge in [0.15, 0.2) is 0 Å². The van der Waals surface area contributed by atoms with E-state index in [0.29, 0.717) is 12.5 Å². The van der Waals surface area contributed by atoms with Crippen LogP contribution in [-0.4, -0.2) is 23.2 Å². The van der Waals surface area contributed by atoms with Gasteiger partial charge in [0, 0.05) is 6.61 Å². The van der Waals surface area contributed by atoms with Crippen LogP contribution in [0.3, 0.4) is 0 Å². The molecule has 84 valence electrons. The average Bonchev–Trinajstić information content (AvgIpc) is 2.29. The van der Waals surface area contributed by atoms with E-state index in [2.05, 4.69) is 37.3 Å². The van der Waals surface area contributed by atoms with Crippen molar-refractivity contribution >= 4 is 11.8 Å². The van der Waals surface area contributed by atoms with Gasteiger partial charge < -0.3 is 5.11 Å². The van der Waals surface area contributed by atoms with Gasteiger partial charge in [0.1, 0.15) is 0 Å². The van der Waals surface area contributed by atoms with Crippen molar-refractivity contribution in [3.05, 3.63) is 35.9 Å². The fourth-order valence-corrected chi connectivity index (χ4v) is 2.38. The highest BCUT2D eigenvalue weighted by atomic mass is 32.2. The fourth-order valence-electron chi connectivity index (χ4n) is 1.36. The van der Waals surface area contributed by atoms with Crippen LogP contribution in [0.2, 0.25) is 0 Å². The maximum Gasteiger partial charge on any atom is 0.0464 e. The lowest BCUT2D eigenvalue weighted by atomic mass is 10.1. The predicted molar refractivity (Wildman–Crippen MR) is 68.3 cm³/mol. The van der Waals surface area contributed by atoms with E-state index in [9.17, 15) is 0 Å². The molecular weight excluding hydrogens is 204 g/mol. The summed E-state index contributed by atoms with van der Waals surface area (Å²) in [6.45, 7) is 2.40.